The lowest BCUT2D eigenvalue weighted by molar-refractivity contribution is 0.508. The van der Waals surface area contributed by atoms with Gasteiger partial charge in [-0.3, -0.25) is 0 Å². The summed E-state index contributed by atoms with van der Waals surface area (Å²) in [4.78, 5) is 0. The van der Waals surface area contributed by atoms with Crippen LogP contribution in [0.5, 0.6) is 0 Å². The van der Waals surface area contributed by atoms with E-state index < -0.39 is 11.6 Å². The van der Waals surface area contributed by atoms with Crippen LogP contribution in [0.15, 0.2) is 35.9 Å². The molecule has 3 rings (SSSR count). The second-order valence-electron chi connectivity index (χ2n) is 5.96. The predicted molar refractivity (Wildman–Crippen MR) is 89.9 cm³/mol. The average Bonchev–Trinajstić information content (AvgIpc) is 2.99. The molecule has 0 bridgehead atoms. The van der Waals surface area contributed by atoms with Crippen LogP contribution >= 0.6 is 0 Å². The van der Waals surface area contributed by atoms with E-state index in [1.54, 1.807) is 6.07 Å². The second kappa shape index (κ2) is 6.97. The summed E-state index contributed by atoms with van der Waals surface area (Å²) in [5.41, 5.74) is 3.42. The van der Waals surface area contributed by atoms with E-state index in [4.69, 9.17) is 0 Å². The molecule has 0 nitrogen and oxygen atoms in total. The van der Waals surface area contributed by atoms with Crippen LogP contribution in [-0.4, -0.2) is 0 Å². The highest BCUT2D eigenvalue weighted by atomic mass is 19.2. The molecule has 0 unspecified atom stereocenters. The molecule has 0 heterocycles. The topological polar surface area (TPSA) is 0 Å². The van der Waals surface area contributed by atoms with E-state index in [1.807, 2.05) is 12.1 Å². The van der Waals surface area contributed by atoms with E-state index >= 15 is 0 Å². The van der Waals surface area contributed by atoms with Crippen LogP contribution in [0.25, 0.3) is 6.08 Å². The molecule has 2 aromatic carbocycles. The molecule has 0 N–H and O–H groups in total. The van der Waals surface area contributed by atoms with Crippen molar-refractivity contribution in [1.82, 2.24) is 0 Å². The van der Waals surface area contributed by atoms with Crippen LogP contribution in [0.2, 0.25) is 0 Å². The van der Waals surface area contributed by atoms with Gasteiger partial charge >= 0.3 is 0 Å². The Bertz CT molecular complexity index is 867. The van der Waals surface area contributed by atoms with Crippen LogP contribution in [0.1, 0.15) is 48.4 Å². The fraction of sp³-hybridized carbons (Fsp3) is 0.238. The molecule has 3 heteroatoms. The third-order valence-corrected chi connectivity index (χ3v) is 4.15. The summed E-state index contributed by atoms with van der Waals surface area (Å²) in [5, 5.41) is 0. The highest BCUT2D eigenvalue weighted by Crippen LogP contribution is 2.31. The highest BCUT2D eigenvalue weighted by molar-refractivity contribution is 5.66. The zero-order valence-corrected chi connectivity index (χ0v) is 13.4. The molecule has 24 heavy (non-hydrogen) atoms. The van der Waals surface area contributed by atoms with Crippen molar-refractivity contribution in [3.05, 3.63) is 75.6 Å². The van der Waals surface area contributed by atoms with E-state index in [0.717, 1.165) is 43.4 Å². The van der Waals surface area contributed by atoms with Gasteiger partial charge in [-0.2, -0.15) is 0 Å². The quantitative estimate of drug-likeness (QED) is 0.641. The first-order chi connectivity index (χ1) is 11.6. The van der Waals surface area contributed by atoms with Crippen LogP contribution in [0.4, 0.5) is 13.2 Å². The summed E-state index contributed by atoms with van der Waals surface area (Å²) in [5.74, 6) is 3.19. The predicted octanol–water partition coefficient (Wildman–Crippen LogP) is 5.63. The van der Waals surface area contributed by atoms with E-state index in [2.05, 4.69) is 18.8 Å². The fourth-order valence-electron chi connectivity index (χ4n) is 2.82. The minimum absolute atomic E-state index is 0.270. The lowest BCUT2D eigenvalue weighted by atomic mass is 10.0. The minimum atomic E-state index is -0.959. The number of benzene rings is 2. The number of fused-ring (bicyclic) bond motifs is 1. The number of halogens is 3. The smallest absolute Gasteiger partial charge is 0.160 e. The second-order valence-corrected chi connectivity index (χ2v) is 5.96. The summed E-state index contributed by atoms with van der Waals surface area (Å²) in [6, 6.07) is 6.94. The van der Waals surface area contributed by atoms with Crippen molar-refractivity contribution in [3.63, 3.8) is 0 Å². The molecular formula is C21H17F3. The van der Waals surface area contributed by atoms with Crippen LogP contribution in [0.3, 0.4) is 0 Å². The van der Waals surface area contributed by atoms with Crippen molar-refractivity contribution in [2.75, 3.05) is 0 Å². The van der Waals surface area contributed by atoms with Crippen LogP contribution in [0, 0.1) is 29.3 Å². The molecular weight excluding hydrogens is 309 g/mol. The first-order valence-corrected chi connectivity index (χ1v) is 8.06. The molecule has 0 atom stereocenters. The van der Waals surface area contributed by atoms with Gasteiger partial charge in [0.2, 0.25) is 0 Å². The van der Waals surface area contributed by atoms with Gasteiger partial charge in [-0.15, -0.1) is 0 Å². The Labute approximate surface area is 140 Å². The maximum atomic E-state index is 14.6. The molecule has 122 valence electrons. The molecule has 1 aliphatic carbocycles. The van der Waals surface area contributed by atoms with E-state index in [1.165, 1.54) is 11.6 Å². The summed E-state index contributed by atoms with van der Waals surface area (Å²) >= 11 is 0. The number of hydrogen-bond acceptors (Lipinski definition) is 0. The Hall–Kier alpha value is -2.47. The first-order valence-electron chi connectivity index (χ1n) is 8.06. The van der Waals surface area contributed by atoms with Gasteiger partial charge in [0, 0.05) is 11.1 Å². The zero-order chi connectivity index (χ0) is 17.1. The van der Waals surface area contributed by atoms with E-state index in [9.17, 15) is 13.2 Å². The Morgan fingerprint density at radius 2 is 1.83 bits per heavy atom. The van der Waals surface area contributed by atoms with Gasteiger partial charge in [-0.1, -0.05) is 42.9 Å². The maximum Gasteiger partial charge on any atom is 0.160 e. The zero-order valence-electron chi connectivity index (χ0n) is 13.4. The van der Waals surface area contributed by atoms with Gasteiger partial charge in [0.25, 0.3) is 0 Å². The lowest BCUT2D eigenvalue weighted by Gasteiger charge is -2.02. The first kappa shape index (κ1) is 16.4. The number of rotatable bonds is 3. The molecule has 0 saturated heterocycles. The molecule has 2 aromatic rings. The third kappa shape index (κ3) is 3.38. The molecule has 0 fully saturated rings. The van der Waals surface area contributed by atoms with Gasteiger partial charge in [0.05, 0.1) is 5.56 Å². The van der Waals surface area contributed by atoms with E-state index in [0.29, 0.717) is 11.1 Å². The molecule has 1 aliphatic rings. The molecule has 0 saturated carbocycles. The van der Waals surface area contributed by atoms with Gasteiger partial charge in [0.15, 0.2) is 11.6 Å². The number of hydrogen-bond donors (Lipinski definition) is 0. The van der Waals surface area contributed by atoms with Crippen molar-refractivity contribution in [3.8, 4) is 11.8 Å². The SMILES string of the molecule is CCCCC1=Cc2c(ccc(C#Cc3ccc(F)c(F)c3)c2F)C1. The molecule has 0 aromatic heterocycles. The largest absolute Gasteiger partial charge is 0.205 e. The standard InChI is InChI=1S/C21H17F3/c1-2-3-4-15-11-17-9-8-16(21(24)18(17)12-15)7-5-14-6-10-19(22)20(23)13-14/h6,8-10,12-13H,2-4,11H2,1H3. The summed E-state index contributed by atoms with van der Waals surface area (Å²) in [7, 11) is 0. The minimum Gasteiger partial charge on any atom is -0.205 e. The van der Waals surface area contributed by atoms with Crippen molar-refractivity contribution >= 4 is 6.08 Å². The fourth-order valence-corrected chi connectivity index (χ4v) is 2.82. The number of allylic oxidation sites excluding steroid dienone is 1. The third-order valence-electron chi connectivity index (χ3n) is 4.15. The van der Waals surface area contributed by atoms with Crippen LogP contribution < -0.4 is 0 Å². The van der Waals surface area contributed by atoms with Crippen molar-refractivity contribution in [2.45, 2.75) is 32.6 Å². The lowest BCUT2D eigenvalue weighted by Crippen LogP contribution is -1.92. The summed E-state index contributed by atoms with van der Waals surface area (Å²) < 4.78 is 40.7. The normalized spacial score (nSPS) is 12.4. The van der Waals surface area contributed by atoms with Gasteiger partial charge in [-0.05, 0) is 49.1 Å². The maximum absolute atomic E-state index is 14.6. The molecule has 0 aliphatic heterocycles. The molecule has 0 amide bonds. The van der Waals surface area contributed by atoms with Gasteiger partial charge in [0.1, 0.15) is 5.82 Å². The Morgan fingerprint density at radius 1 is 1.00 bits per heavy atom. The molecule has 0 spiro atoms. The van der Waals surface area contributed by atoms with Crippen LogP contribution in [-0.2, 0) is 6.42 Å². The van der Waals surface area contributed by atoms with E-state index in [-0.39, 0.29) is 11.4 Å². The van der Waals surface area contributed by atoms with Crippen molar-refractivity contribution in [1.29, 1.82) is 0 Å². The van der Waals surface area contributed by atoms with Gasteiger partial charge in [-0.25, -0.2) is 13.2 Å². The monoisotopic (exact) mass is 326 g/mol. The van der Waals surface area contributed by atoms with Gasteiger partial charge < -0.3 is 0 Å². The van der Waals surface area contributed by atoms with Crippen molar-refractivity contribution in [2.24, 2.45) is 0 Å². The Balaban J connectivity index is 1.88. The highest BCUT2D eigenvalue weighted by Gasteiger charge is 2.17. The Kier molecular flexibility index (Phi) is 4.76. The van der Waals surface area contributed by atoms with Crippen molar-refractivity contribution < 1.29 is 13.2 Å². The summed E-state index contributed by atoms with van der Waals surface area (Å²) in [6.45, 7) is 2.13. The molecule has 0 radical (unpaired) electrons. The Morgan fingerprint density at radius 3 is 2.58 bits per heavy atom. The number of unbranched alkanes of at least 4 members (excludes halogenated alkanes) is 1. The average molecular weight is 326 g/mol. The summed E-state index contributed by atoms with van der Waals surface area (Å²) in [6.07, 6.45) is 5.91.